The monoisotopic (exact) mass is 506 g/mol. The van der Waals surface area contributed by atoms with Gasteiger partial charge in [-0.25, -0.2) is 4.79 Å². The van der Waals surface area contributed by atoms with Gasteiger partial charge in [-0.1, -0.05) is 24.3 Å². The first kappa shape index (κ1) is 28.0. The molecule has 3 rings (SSSR count). The second kappa shape index (κ2) is 11.2. The maximum Gasteiger partial charge on any atom is 0.416 e. The van der Waals surface area contributed by atoms with Crippen LogP contribution in [0.3, 0.4) is 0 Å². The summed E-state index contributed by atoms with van der Waals surface area (Å²) < 4.78 is 49.7. The summed E-state index contributed by atoms with van der Waals surface area (Å²) >= 11 is 0. The van der Waals surface area contributed by atoms with Crippen molar-refractivity contribution in [1.82, 2.24) is 9.80 Å². The molecule has 5 nitrogen and oxygen atoms in total. The van der Waals surface area contributed by atoms with Gasteiger partial charge < -0.3 is 9.47 Å². The molecule has 8 heteroatoms. The number of carbonyl (C=O) groups is 1. The highest BCUT2D eigenvalue weighted by atomic mass is 19.4. The van der Waals surface area contributed by atoms with Crippen molar-refractivity contribution < 1.29 is 27.4 Å². The number of aryl methyl sites for hydroxylation is 2. The summed E-state index contributed by atoms with van der Waals surface area (Å²) in [5.41, 5.74) is 2.31. The first-order valence-electron chi connectivity index (χ1n) is 12.4. The fraction of sp³-hybridized carbons (Fsp3) is 0.536. The van der Waals surface area contributed by atoms with Crippen molar-refractivity contribution in [3.63, 3.8) is 0 Å². The topological polar surface area (TPSA) is 42.0 Å². The Labute approximate surface area is 212 Å². The lowest BCUT2D eigenvalue weighted by atomic mass is 10.0. The number of hydrogen-bond acceptors (Lipinski definition) is 5. The minimum absolute atomic E-state index is 0.274. The molecule has 0 spiro atoms. The Bertz CT molecular complexity index is 1030. The largest absolute Gasteiger partial charge is 0.476 e. The molecule has 0 unspecified atom stereocenters. The first-order chi connectivity index (χ1) is 16.8. The van der Waals surface area contributed by atoms with Crippen molar-refractivity contribution in [2.75, 3.05) is 26.2 Å². The van der Waals surface area contributed by atoms with Crippen molar-refractivity contribution in [3.05, 3.63) is 64.2 Å². The van der Waals surface area contributed by atoms with Gasteiger partial charge in [-0.3, -0.25) is 9.80 Å². The van der Waals surface area contributed by atoms with E-state index in [1.165, 1.54) is 5.56 Å². The van der Waals surface area contributed by atoms with Crippen LogP contribution in [0.4, 0.5) is 13.2 Å². The molecule has 0 amide bonds. The average Bonchev–Trinajstić information content (AvgIpc) is 2.78. The van der Waals surface area contributed by atoms with Crippen LogP contribution >= 0.6 is 0 Å². The number of alkyl halides is 3. The number of piperazine rings is 1. The van der Waals surface area contributed by atoms with Crippen molar-refractivity contribution in [2.45, 2.75) is 72.5 Å². The molecule has 0 saturated carbocycles. The number of ether oxygens (including phenoxy) is 2. The van der Waals surface area contributed by atoms with Crippen LogP contribution in [0.5, 0.6) is 5.75 Å². The highest BCUT2D eigenvalue weighted by molar-refractivity contribution is 5.79. The number of halogens is 3. The Balaban J connectivity index is 1.60. The first-order valence-corrected chi connectivity index (χ1v) is 12.4. The van der Waals surface area contributed by atoms with E-state index in [0.29, 0.717) is 18.9 Å². The Morgan fingerprint density at radius 3 is 2.14 bits per heavy atom. The molecule has 1 heterocycles. The molecule has 1 aliphatic heterocycles. The van der Waals surface area contributed by atoms with Gasteiger partial charge in [-0.05, 0) is 75.9 Å². The Morgan fingerprint density at radius 2 is 1.61 bits per heavy atom. The second-order valence-electron chi connectivity index (χ2n) is 10.1. The molecule has 0 N–H and O–H groups in total. The zero-order valence-electron chi connectivity index (χ0n) is 22.0. The molecule has 1 aliphatic rings. The fourth-order valence-electron chi connectivity index (χ4n) is 4.63. The summed E-state index contributed by atoms with van der Waals surface area (Å²) in [6, 6.07) is 9.92. The van der Waals surface area contributed by atoms with Gasteiger partial charge >= 0.3 is 12.1 Å². The molecule has 0 radical (unpaired) electrons. The molecule has 198 valence electrons. The predicted molar refractivity (Wildman–Crippen MR) is 134 cm³/mol. The maximum atomic E-state index is 12.8. The fourth-order valence-corrected chi connectivity index (χ4v) is 4.63. The lowest BCUT2D eigenvalue weighted by Gasteiger charge is -2.40. The van der Waals surface area contributed by atoms with E-state index in [2.05, 4.69) is 28.9 Å². The van der Waals surface area contributed by atoms with Crippen LogP contribution in [0.25, 0.3) is 0 Å². The van der Waals surface area contributed by atoms with Crippen LogP contribution in [-0.2, 0) is 28.8 Å². The van der Waals surface area contributed by atoms with Crippen molar-refractivity contribution in [1.29, 1.82) is 0 Å². The number of carbonyl (C=O) groups excluding carboxylic acids is 1. The molecule has 1 fully saturated rings. The molecule has 1 saturated heterocycles. The Kier molecular flexibility index (Phi) is 8.72. The zero-order chi connectivity index (χ0) is 26.7. The summed E-state index contributed by atoms with van der Waals surface area (Å²) in [4.78, 5) is 16.9. The number of nitrogens with zero attached hydrogens (tertiary/aromatic N) is 2. The average molecular weight is 507 g/mol. The highest BCUT2D eigenvalue weighted by Crippen LogP contribution is 2.31. The molecule has 2 aromatic carbocycles. The Morgan fingerprint density at radius 1 is 1.00 bits per heavy atom. The number of esters is 1. The number of rotatable bonds is 8. The van der Waals surface area contributed by atoms with Crippen LogP contribution < -0.4 is 4.74 Å². The quantitative estimate of drug-likeness (QED) is 0.427. The minimum Gasteiger partial charge on any atom is -0.476 e. The van der Waals surface area contributed by atoms with E-state index in [9.17, 15) is 18.0 Å². The van der Waals surface area contributed by atoms with E-state index >= 15 is 0 Å². The summed E-state index contributed by atoms with van der Waals surface area (Å²) in [6.45, 7) is 15.6. The number of benzene rings is 2. The van der Waals surface area contributed by atoms with Crippen molar-refractivity contribution >= 4 is 5.97 Å². The molecule has 0 bridgehead atoms. The summed E-state index contributed by atoms with van der Waals surface area (Å²) in [7, 11) is 0. The van der Waals surface area contributed by atoms with E-state index in [0.717, 1.165) is 55.0 Å². The van der Waals surface area contributed by atoms with Gasteiger partial charge in [0.05, 0.1) is 12.2 Å². The van der Waals surface area contributed by atoms with E-state index in [1.807, 2.05) is 13.8 Å². The zero-order valence-corrected chi connectivity index (χ0v) is 22.0. The van der Waals surface area contributed by atoms with Crippen molar-refractivity contribution in [3.8, 4) is 5.75 Å². The van der Waals surface area contributed by atoms with Crippen LogP contribution in [0.2, 0.25) is 0 Å². The smallest absolute Gasteiger partial charge is 0.416 e. The third kappa shape index (κ3) is 7.01. The van der Waals surface area contributed by atoms with Gasteiger partial charge in [0, 0.05) is 38.8 Å². The maximum absolute atomic E-state index is 12.8. The Hall–Kier alpha value is -2.58. The summed E-state index contributed by atoms with van der Waals surface area (Å²) in [6.07, 6.45) is -4.31. The SMILES string of the molecule is CCOC(=O)C(C)(C)Oc1c(C)cc(CN2CCN(Cc3ccc(C(F)(F)F)cc3)[C@H](C)C2)cc1C. The van der Waals surface area contributed by atoms with Gasteiger partial charge in [-0.2, -0.15) is 13.2 Å². The normalized spacial score (nSPS) is 17.8. The lowest BCUT2D eigenvalue weighted by Crippen LogP contribution is -2.50. The molecular weight excluding hydrogens is 469 g/mol. The summed E-state index contributed by atoms with van der Waals surface area (Å²) in [5.74, 6) is 0.308. The van der Waals surface area contributed by atoms with E-state index < -0.39 is 23.3 Å². The summed E-state index contributed by atoms with van der Waals surface area (Å²) in [5, 5.41) is 0. The van der Waals surface area contributed by atoms with Crippen LogP contribution in [0.15, 0.2) is 36.4 Å². The van der Waals surface area contributed by atoms with Crippen molar-refractivity contribution in [2.24, 2.45) is 0 Å². The molecular formula is C28H37F3N2O3. The lowest BCUT2D eigenvalue weighted by molar-refractivity contribution is -0.158. The molecule has 0 aliphatic carbocycles. The van der Waals surface area contributed by atoms with E-state index in [4.69, 9.17) is 9.47 Å². The third-order valence-electron chi connectivity index (χ3n) is 6.57. The molecule has 2 aromatic rings. The molecule has 36 heavy (non-hydrogen) atoms. The molecule has 1 atom stereocenters. The second-order valence-corrected chi connectivity index (χ2v) is 10.1. The molecule has 0 aromatic heterocycles. The van der Waals surface area contributed by atoms with Gasteiger partial charge in [0.1, 0.15) is 5.75 Å². The van der Waals surface area contributed by atoms with Gasteiger partial charge in [0.25, 0.3) is 0 Å². The standard InChI is InChI=1S/C28H37F3N2O3/c1-7-35-26(34)27(5,6)36-25-19(2)14-23(15-20(25)3)17-32-12-13-33(21(4)16-32)18-22-8-10-24(11-9-22)28(29,30)31/h8-11,14-15,21H,7,12-13,16-18H2,1-6H3/t21-/m1/s1. The van der Waals surface area contributed by atoms with Gasteiger partial charge in [-0.15, -0.1) is 0 Å². The van der Waals surface area contributed by atoms with Gasteiger partial charge in [0.2, 0.25) is 0 Å². The highest BCUT2D eigenvalue weighted by Gasteiger charge is 2.33. The van der Waals surface area contributed by atoms with Crippen LogP contribution in [-0.4, -0.2) is 53.7 Å². The van der Waals surface area contributed by atoms with Crippen LogP contribution in [0.1, 0.15) is 55.5 Å². The minimum atomic E-state index is -4.31. The predicted octanol–water partition coefficient (Wildman–Crippen LogP) is 5.75. The van der Waals surface area contributed by atoms with Gasteiger partial charge in [0.15, 0.2) is 5.60 Å². The number of hydrogen-bond donors (Lipinski definition) is 0. The third-order valence-corrected chi connectivity index (χ3v) is 6.57. The van der Waals surface area contributed by atoms with E-state index in [-0.39, 0.29) is 6.04 Å². The van der Waals surface area contributed by atoms with E-state index in [1.54, 1.807) is 32.9 Å². The van der Waals surface area contributed by atoms with Crippen LogP contribution in [0, 0.1) is 13.8 Å².